The molecule has 0 heterocycles. The summed E-state index contributed by atoms with van der Waals surface area (Å²) in [7, 11) is 0. The summed E-state index contributed by atoms with van der Waals surface area (Å²) < 4.78 is 0. The highest BCUT2D eigenvalue weighted by atomic mass is 32.2. The Labute approximate surface area is 125 Å². The summed E-state index contributed by atoms with van der Waals surface area (Å²) >= 11 is 1.58. The van der Waals surface area contributed by atoms with Crippen molar-refractivity contribution in [1.82, 2.24) is 5.32 Å². The molecular weight excluding hydrogens is 270 g/mol. The van der Waals surface area contributed by atoms with E-state index in [0.717, 1.165) is 30.6 Å². The number of carbonyl (C=O) groups is 1. The second kappa shape index (κ2) is 7.70. The van der Waals surface area contributed by atoms with Gasteiger partial charge in [-0.05, 0) is 44.2 Å². The van der Waals surface area contributed by atoms with Crippen molar-refractivity contribution in [1.29, 1.82) is 0 Å². The Kier molecular flexibility index (Phi) is 5.92. The number of carbonyl (C=O) groups excluding carboxylic acids is 1. The molecule has 3 unspecified atom stereocenters. The van der Waals surface area contributed by atoms with Gasteiger partial charge in [0.1, 0.15) is 0 Å². The number of amides is 1. The van der Waals surface area contributed by atoms with E-state index in [4.69, 9.17) is 0 Å². The van der Waals surface area contributed by atoms with Gasteiger partial charge in [-0.15, -0.1) is 11.8 Å². The summed E-state index contributed by atoms with van der Waals surface area (Å²) in [6, 6.07) is 9.98. The Balaban J connectivity index is 1.74. The Morgan fingerprint density at radius 2 is 2.15 bits per heavy atom. The van der Waals surface area contributed by atoms with Gasteiger partial charge in [0.05, 0.1) is 11.4 Å². The Morgan fingerprint density at radius 1 is 1.40 bits per heavy atom. The highest BCUT2D eigenvalue weighted by Crippen LogP contribution is 2.25. The first kappa shape index (κ1) is 15.4. The summed E-state index contributed by atoms with van der Waals surface area (Å²) in [6.07, 6.45) is 3.72. The maximum atomic E-state index is 12.1. The van der Waals surface area contributed by atoms with Crippen molar-refractivity contribution >= 4 is 17.7 Å². The van der Waals surface area contributed by atoms with E-state index in [2.05, 4.69) is 5.32 Å². The number of aliphatic hydroxyl groups excluding tert-OH is 1. The van der Waals surface area contributed by atoms with Crippen LogP contribution in [0.5, 0.6) is 0 Å². The molecular formula is C16H23NO2S. The molecule has 0 aliphatic heterocycles. The molecule has 1 aliphatic carbocycles. The molecule has 2 rings (SSSR count). The number of hydrogen-bond acceptors (Lipinski definition) is 3. The van der Waals surface area contributed by atoms with Crippen LogP contribution in [0.2, 0.25) is 0 Å². The molecule has 0 bridgehead atoms. The molecule has 1 amide bonds. The van der Waals surface area contributed by atoms with E-state index in [1.165, 1.54) is 0 Å². The van der Waals surface area contributed by atoms with Crippen molar-refractivity contribution in [3.8, 4) is 0 Å². The van der Waals surface area contributed by atoms with Crippen LogP contribution in [-0.4, -0.2) is 28.9 Å². The van der Waals surface area contributed by atoms with Crippen LogP contribution >= 0.6 is 11.8 Å². The molecule has 2 N–H and O–H groups in total. The minimum atomic E-state index is -0.179. The number of hydrogen-bond donors (Lipinski definition) is 2. The lowest BCUT2D eigenvalue weighted by Gasteiger charge is -2.26. The third-order valence-corrected chi connectivity index (χ3v) is 4.86. The van der Waals surface area contributed by atoms with Gasteiger partial charge in [-0.2, -0.15) is 0 Å². The third kappa shape index (κ3) is 4.84. The highest BCUT2D eigenvalue weighted by molar-refractivity contribution is 8.00. The van der Waals surface area contributed by atoms with E-state index in [-0.39, 0.29) is 17.3 Å². The number of benzene rings is 1. The fraction of sp³-hybridized carbons (Fsp3) is 0.562. The topological polar surface area (TPSA) is 49.3 Å². The fourth-order valence-corrected chi connectivity index (χ4v) is 3.51. The molecule has 1 fully saturated rings. The van der Waals surface area contributed by atoms with Crippen molar-refractivity contribution < 1.29 is 9.90 Å². The summed E-state index contributed by atoms with van der Waals surface area (Å²) in [4.78, 5) is 13.2. The quantitative estimate of drug-likeness (QED) is 0.821. The zero-order chi connectivity index (χ0) is 14.4. The molecule has 0 radical (unpaired) electrons. The van der Waals surface area contributed by atoms with Gasteiger partial charge in [0, 0.05) is 11.4 Å². The molecule has 1 saturated carbocycles. The van der Waals surface area contributed by atoms with Crippen LogP contribution in [0, 0.1) is 5.92 Å². The number of nitrogens with one attached hydrogen (secondary N) is 1. The molecule has 0 saturated heterocycles. The van der Waals surface area contributed by atoms with Gasteiger partial charge in [0.15, 0.2) is 0 Å². The van der Waals surface area contributed by atoms with Crippen LogP contribution in [0.25, 0.3) is 0 Å². The van der Waals surface area contributed by atoms with E-state index in [9.17, 15) is 9.90 Å². The van der Waals surface area contributed by atoms with Gasteiger partial charge in [0.25, 0.3) is 0 Å². The minimum absolute atomic E-state index is 0.0823. The van der Waals surface area contributed by atoms with Gasteiger partial charge in [-0.3, -0.25) is 4.79 Å². The second-order valence-electron chi connectivity index (χ2n) is 5.50. The lowest BCUT2D eigenvalue weighted by atomic mass is 9.87. The second-order valence-corrected chi connectivity index (χ2v) is 6.92. The van der Waals surface area contributed by atoms with Crippen molar-refractivity contribution in [2.45, 2.75) is 48.9 Å². The zero-order valence-electron chi connectivity index (χ0n) is 11.9. The van der Waals surface area contributed by atoms with E-state index in [1.807, 2.05) is 37.3 Å². The predicted octanol–water partition coefficient (Wildman–Crippen LogP) is 2.83. The van der Waals surface area contributed by atoms with Crippen LogP contribution in [-0.2, 0) is 4.79 Å². The van der Waals surface area contributed by atoms with E-state index in [1.54, 1.807) is 11.8 Å². The Bertz CT molecular complexity index is 424. The van der Waals surface area contributed by atoms with Gasteiger partial charge < -0.3 is 10.4 Å². The normalized spacial score (nSPS) is 24.1. The van der Waals surface area contributed by atoms with Crippen molar-refractivity contribution in [3.63, 3.8) is 0 Å². The van der Waals surface area contributed by atoms with Crippen LogP contribution in [0.15, 0.2) is 35.2 Å². The lowest BCUT2D eigenvalue weighted by molar-refractivity contribution is -0.120. The first-order valence-electron chi connectivity index (χ1n) is 7.32. The molecule has 1 aliphatic rings. The minimum Gasteiger partial charge on any atom is -0.393 e. The monoisotopic (exact) mass is 293 g/mol. The molecule has 4 heteroatoms. The molecule has 20 heavy (non-hydrogen) atoms. The molecule has 1 aromatic carbocycles. The van der Waals surface area contributed by atoms with Crippen LogP contribution in [0.3, 0.4) is 0 Å². The number of thioether (sulfide) groups is 1. The van der Waals surface area contributed by atoms with Gasteiger partial charge in [-0.25, -0.2) is 0 Å². The summed E-state index contributed by atoms with van der Waals surface area (Å²) in [5.41, 5.74) is 0. The third-order valence-electron chi connectivity index (χ3n) is 3.75. The summed E-state index contributed by atoms with van der Waals surface area (Å²) in [5.74, 6) is 0.510. The zero-order valence-corrected chi connectivity index (χ0v) is 12.7. The van der Waals surface area contributed by atoms with Crippen LogP contribution < -0.4 is 5.32 Å². The van der Waals surface area contributed by atoms with E-state index >= 15 is 0 Å². The molecule has 110 valence electrons. The van der Waals surface area contributed by atoms with Crippen LogP contribution in [0.4, 0.5) is 0 Å². The van der Waals surface area contributed by atoms with Gasteiger partial charge in [0.2, 0.25) is 5.91 Å². The fourth-order valence-electron chi connectivity index (χ4n) is 2.59. The van der Waals surface area contributed by atoms with Crippen molar-refractivity contribution in [2.24, 2.45) is 5.92 Å². The summed E-state index contributed by atoms with van der Waals surface area (Å²) in [6.45, 7) is 2.62. The Hall–Kier alpha value is -1.00. The number of rotatable bonds is 5. The average molecular weight is 293 g/mol. The first-order valence-corrected chi connectivity index (χ1v) is 8.20. The highest BCUT2D eigenvalue weighted by Gasteiger charge is 2.21. The van der Waals surface area contributed by atoms with Gasteiger partial charge >= 0.3 is 0 Å². The van der Waals surface area contributed by atoms with Gasteiger partial charge in [-0.1, -0.05) is 24.6 Å². The molecule has 0 aromatic heterocycles. The standard InChI is InChI=1S/C16H23NO2S/c1-12(20-15-8-3-2-4-9-15)16(19)17-11-13-6-5-7-14(18)10-13/h2-4,8-9,12-14,18H,5-7,10-11H2,1H3,(H,17,19). The largest absolute Gasteiger partial charge is 0.393 e. The van der Waals surface area contributed by atoms with E-state index in [0.29, 0.717) is 12.5 Å². The van der Waals surface area contributed by atoms with E-state index < -0.39 is 0 Å². The molecule has 1 aromatic rings. The van der Waals surface area contributed by atoms with Crippen molar-refractivity contribution in [2.75, 3.05) is 6.54 Å². The first-order chi connectivity index (χ1) is 9.65. The molecule has 0 spiro atoms. The molecule has 3 nitrogen and oxygen atoms in total. The Morgan fingerprint density at radius 3 is 2.85 bits per heavy atom. The molecule has 3 atom stereocenters. The lowest BCUT2D eigenvalue weighted by Crippen LogP contribution is -2.36. The number of aliphatic hydroxyl groups is 1. The average Bonchev–Trinajstić information content (AvgIpc) is 2.46. The SMILES string of the molecule is CC(Sc1ccccc1)C(=O)NCC1CCCC(O)C1. The maximum Gasteiger partial charge on any atom is 0.233 e. The maximum absolute atomic E-state index is 12.1. The smallest absolute Gasteiger partial charge is 0.233 e. The summed E-state index contributed by atoms with van der Waals surface area (Å²) in [5, 5.41) is 12.6. The predicted molar refractivity (Wildman–Crippen MR) is 82.7 cm³/mol. The van der Waals surface area contributed by atoms with Crippen molar-refractivity contribution in [3.05, 3.63) is 30.3 Å². The van der Waals surface area contributed by atoms with Crippen LogP contribution in [0.1, 0.15) is 32.6 Å².